The summed E-state index contributed by atoms with van der Waals surface area (Å²) in [5.74, 6) is 0.449. The van der Waals surface area contributed by atoms with Crippen molar-refractivity contribution in [2.75, 3.05) is 0 Å². The molecule has 2 aromatic rings. The van der Waals surface area contributed by atoms with E-state index in [2.05, 4.69) is 58.2 Å². The molecule has 0 aliphatic rings. The van der Waals surface area contributed by atoms with Crippen LogP contribution in [0.2, 0.25) is 0 Å². The molecule has 0 spiro atoms. The lowest BCUT2D eigenvalue weighted by atomic mass is 10.2. The quantitative estimate of drug-likeness (QED) is 0.759. The van der Waals surface area contributed by atoms with Gasteiger partial charge in [0.1, 0.15) is 10.3 Å². The van der Waals surface area contributed by atoms with Crippen molar-refractivity contribution < 1.29 is 0 Å². The van der Waals surface area contributed by atoms with Crippen molar-refractivity contribution in [3.8, 4) is 0 Å². The molecule has 14 heavy (non-hydrogen) atoms. The van der Waals surface area contributed by atoms with Gasteiger partial charge >= 0.3 is 0 Å². The first-order valence-electron chi connectivity index (χ1n) is 4.73. The molecule has 0 aromatic carbocycles. The molecular formula is C11H13BrN2. The molecule has 2 aromatic heterocycles. The Morgan fingerprint density at radius 3 is 2.79 bits per heavy atom. The fourth-order valence-electron chi connectivity index (χ4n) is 1.50. The second-order valence-corrected chi connectivity index (χ2v) is 4.63. The van der Waals surface area contributed by atoms with Crippen LogP contribution in [-0.4, -0.2) is 9.38 Å². The lowest BCUT2D eigenvalue weighted by Crippen LogP contribution is -1.88. The van der Waals surface area contributed by atoms with E-state index in [1.807, 2.05) is 6.20 Å². The lowest BCUT2D eigenvalue weighted by molar-refractivity contribution is 0.826. The van der Waals surface area contributed by atoms with Crippen LogP contribution in [0.5, 0.6) is 0 Å². The zero-order chi connectivity index (χ0) is 10.3. The number of nitrogens with zero attached hydrogens (tertiary/aromatic N) is 2. The number of fused-ring (bicyclic) bond motifs is 1. The summed E-state index contributed by atoms with van der Waals surface area (Å²) in [4.78, 5) is 4.59. The minimum absolute atomic E-state index is 0.449. The van der Waals surface area contributed by atoms with Gasteiger partial charge in [-0.1, -0.05) is 13.8 Å². The molecule has 74 valence electrons. The maximum Gasteiger partial charge on any atom is 0.138 e. The van der Waals surface area contributed by atoms with Crippen molar-refractivity contribution >= 4 is 21.6 Å². The van der Waals surface area contributed by atoms with E-state index in [1.165, 1.54) is 5.56 Å². The number of aromatic nitrogens is 2. The fourth-order valence-corrected chi connectivity index (χ4v) is 2.35. The van der Waals surface area contributed by atoms with E-state index in [4.69, 9.17) is 0 Å². The van der Waals surface area contributed by atoms with E-state index in [0.717, 1.165) is 15.9 Å². The number of rotatable bonds is 1. The topological polar surface area (TPSA) is 17.3 Å². The highest BCUT2D eigenvalue weighted by Crippen LogP contribution is 2.25. The fraction of sp³-hybridized carbons (Fsp3) is 0.364. The molecule has 0 saturated carbocycles. The smallest absolute Gasteiger partial charge is 0.138 e. The van der Waals surface area contributed by atoms with Crippen LogP contribution in [0.25, 0.3) is 5.65 Å². The number of halogens is 1. The molecule has 0 amide bonds. The van der Waals surface area contributed by atoms with Crippen LogP contribution < -0.4 is 0 Å². The summed E-state index contributed by atoms with van der Waals surface area (Å²) in [6.07, 6.45) is 2.05. The standard InChI is InChI=1S/C11H13BrN2/c1-7(2)10-11(12)14-5-4-8(3)6-9(14)13-10/h4-7H,1-3H3. The number of hydrogen-bond acceptors (Lipinski definition) is 1. The molecule has 0 atom stereocenters. The van der Waals surface area contributed by atoms with E-state index in [1.54, 1.807) is 0 Å². The Bertz CT molecular complexity index is 471. The first kappa shape index (κ1) is 9.71. The summed E-state index contributed by atoms with van der Waals surface area (Å²) in [6.45, 7) is 6.39. The van der Waals surface area contributed by atoms with Gasteiger partial charge in [-0.3, -0.25) is 4.40 Å². The van der Waals surface area contributed by atoms with E-state index in [0.29, 0.717) is 5.92 Å². The predicted molar refractivity (Wildman–Crippen MR) is 61.7 cm³/mol. The summed E-state index contributed by atoms with van der Waals surface area (Å²) in [5.41, 5.74) is 3.38. The van der Waals surface area contributed by atoms with Crippen molar-refractivity contribution in [2.45, 2.75) is 26.7 Å². The van der Waals surface area contributed by atoms with E-state index in [-0.39, 0.29) is 0 Å². The second kappa shape index (κ2) is 3.39. The zero-order valence-corrected chi connectivity index (χ0v) is 10.2. The summed E-state index contributed by atoms with van der Waals surface area (Å²) in [5, 5.41) is 0. The lowest BCUT2D eigenvalue weighted by Gasteiger charge is -1.99. The van der Waals surface area contributed by atoms with Crippen LogP contribution >= 0.6 is 15.9 Å². The molecule has 0 radical (unpaired) electrons. The molecule has 2 heterocycles. The molecule has 0 aliphatic carbocycles. The van der Waals surface area contributed by atoms with Gasteiger partial charge in [0, 0.05) is 6.20 Å². The third kappa shape index (κ3) is 1.46. The van der Waals surface area contributed by atoms with Gasteiger partial charge in [0.15, 0.2) is 0 Å². The van der Waals surface area contributed by atoms with Gasteiger partial charge in [-0.25, -0.2) is 4.98 Å². The highest BCUT2D eigenvalue weighted by molar-refractivity contribution is 9.10. The average Bonchev–Trinajstić information content (AvgIpc) is 2.43. The van der Waals surface area contributed by atoms with Crippen LogP contribution in [0, 0.1) is 6.92 Å². The molecule has 0 saturated heterocycles. The Hall–Kier alpha value is -0.830. The normalized spacial score (nSPS) is 11.5. The van der Waals surface area contributed by atoms with Crippen molar-refractivity contribution in [1.29, 1.82) is 0 Å². The summed E-state index contributed by atoms with van der Waals surface area (Å²) >= 11 is 3.58. The van der Waals surface area contributed by atoms with Crippen molar-refractivity contribution in [3.05, 3.63) is 34.2 Å². The molecule has 2 nitrogen and oxygen atoms in total. The minimum atomic E-state index is 0.449. The van der Waals surface area contributed by atoms with Crippen LogP contribution in [-0.2, 0) is 0 Å². The van der Waals surface area contributed by atoms with Gasteiger partial charge in [0.2, 0.25) is 0 Å². The highest BCUT2D eigenvalue weighted by atomic mass is 79.9. The first-order chi connectivity index (χ1) is 6.59. The third-order valence-electron chi connectivity index (χ3n) is 2.29. The van der Waals surface area contributed by atoms with Gasteiger partial charge in [-0.15, -0.1) is 0 Å². The summed E-state index contributed by atoms with van der Waals surface area (Å²) in [7, 11) is 0. The molecule has 0 fully saturated rings. The summed E-state index contributed by atoms with van der Waals surface area (Å²) < 4.78 is 3.14. The van der Waals surface area contributed by atoms with Crippen LogP contribution in [0.3, 0.4) is 0 Å². The van der Waals surface area contributed by atoms with Crippen molar-refractivity contribution in [1.82, 2.24) is 9.38 Å². The molecular weight excluding hydrogens is 240 g/mol. The Balaban J connectivity index is 2.73. The number of hydrogen-bond donors (Lipinski definition) is 0. The number of aryl methyl sites for hydroxylation is 1. The monoisotopic (exact) mass is 252 g/mol. The molecule has 0 unspecified atom stereocenters. The first-order valence-corrected chi connectivity index (χ1v) is 5.53. The molecule has 0 bridgehead atoms. The Labute approximate surface area is 92.1 Å². The van der Waals surface area contributed by atoms with Crippen molar-refractivity contribution in [3.63, 3.8) is 0 Å². The largest absolute Gasteiger partial charge is 0.294 e. The van der Waals surface area contributed by atoms with Gasteiger partial charge < -0.3 is 0 Å². The maximum absolute atomic E-state index is 4.59. The molecule has 0 N–H and O–H groups in total. The molecule has 3 heteroatoms. The predicted octanol–water partition coefficient (Wildman–Crippen LogP) is 3.53. The Morgan fingerprint density at radius 1 is 1.43 bits per heavy atom. The SMILES string of the molecule is Cc1ccn2c(Br)c(C(C)C)nc2c1. The Morgan fingerprint density at radius 2 is 2.14 bits per heavy atom. The van der Waals surface area contributed by atoms with Gasteiger partial charge in [0.05, 0.1) is 5.69 Å². The molecule has 0 aliphatic heterocycles. The van der Waals surface area contributed by atoms with E-state index >= 15 is 0 Å². The zero-order valence-electron chi connectivity index (χ0n) is 8.58. The number of imidazole rings is 1. The Kier molecular flexibility index (Phi) is 2.35. The maximum atomic E-state index is 4.59. The van der Waals surface area contributed by atoms with Gasteiger partial charge in [-0.2, -0.15) is 0 Å². The van der Waals surface area contributed by atoms with Crippen LogP contribution in [0.4, 0.5) is 0 Å². The number of pyridine rings is 1. The third-order valence-corrected chi connectivity index (χ3v) is 3.08. The second-order valence-electron chi connectivity index (χ2n) is 3.87. The average molecular weight is 253 g/mol. The van der Waals surface area contributed by atoms with E-state index in [9.17, 15) is 0 Å². The van der Waals surface area contributed by atoms with Crippen molar-refractivity contribution in [2.24, 2.45) is 0 Å². The van der Waals surface area contributed by atoms with Gasteiger partial charge in [-0.05, 0) is 46.5 Å². The minimum Gasteiger partial charge on any atom is -0.294 e. The highest BCUT2D eigenvalue weighted by Gasteiger charge is 2.12. The van der Waals surface area contributed by atoms with Crippen LogP contribution in [0.15, 0.2) is 22.9 Å². The van der Waals surface area contributed by atoms with Crippen LogP contribution in [0.1, 0.15) is 31.0 Å². The van der Waals surface area contributed by atoms with Gasteiger partial charge in [0.25, 0.3) is 0 Å². The van der Waals surface area contributed by atoms with E-state index < -0.39 is 0 Å². The molecule has 2 rings (SSSR count). The summed E-state index contributed by atoms with van der Waals surface area (Å²) in [6, 6.07) is 4.18.